The van der Waals surface area contributed by atoms with Gasteiger partial charge in [-0.2, -0.15) is 5.10 Å². The van der Waals surface area contributed by atoms with E-state index in [0.717, 1.165) is 30.4 Å². The van der Waals surface area contributed by atoms with Crippen molar-refractivity contribution in [2.45, 2.75) is 45.4 Å². The number of hydrogen-bond acceptors (Lipinski definition) is 2. The number of carbonyl (C=O) groups excluding carboxylic acids is 1. The summed E-state index contributed by atoms with van der Waals surface area (Å²) in [6, 6.07) is 0. The van der Waals surface area contributed by atoms with Crippen LogP contribution in [0.5, 0.6) is 0 Å². The second kappa shape index (κ2) is 4.76. The third kappa shape index (κ3) is 2.17. The molecule has 1 heterocycles. The Labute approximate surface area is 120 Å². The number of carbonyl (C=O) groups is 1. The van der Waals surface area contributed by atoms with Crippen LogP contribution in [-0.4, -0.2) is 15.7 Å². The molecule has 20 heavy (non-hydrogen) atoms. The van der Waals surface area contributed by atoms with Crippen molar-refractivity contribution >= 4 is 5.91 Å². The van der Waals surface area contributed by atoms with Crippen LogP contribution < -0.4 is 5.73 Å². The number of hydrogen-bond donors (Lipinski definition) is 1. The van der Waals surface area contributed by atoms with Crippen molar-refractivity contribution in [3.05, 3.63) is 28.6 Å². The molecule has 1 amide bonds. The van der Waals surface area contributed by atoms with Crippen LogP contribution in [0.1, 0.15) is 61.5 Å². The van der Waals surface area contributed by atoms with Crippen LogP contribution in [0, 0.1) is 11.8 Å². The number of primary amides is 1. The smallest absolute Gasteiger partial charge is 0.252 e. The number of aromatic nitrogens is 2. The molecule has 2 atom stereocenters. The molecule has 0 aliphatic heterocycles. The van der Waals surface area contributed by atoms with Gasteiger partial charge in [0.1, 0.15) is 0 Å². The lowest BCUT2D eigenvalue weighted by Gasteiger charge is -2.11. The highest BCUT2D eigenvalue weighted by molar-refractivity contribution is 5.93. The van der Waals surface area contributed by atoms with Gasteiger partial charge in [-0.05, 0) is 51.4 Å². The number of fused-ring (bicyclic) bond motifs is 1. The van der Waals surface area contributed by atoms with E-state index in [9.17, 15) is 4.79 Å². The summed E-state index contributed by atoms with van der Waals surface area (Å²) in [6.07, 6.45) is 6.54. The summed E-state index contributed by atoms with van der Waals surface area (Å²) in [7, 11) is 1.85. The summed E-state index contributed by atoms with van der Waals surface area (Å²) in [5.41, 5.74) is 10.1. The van der Waals surface area contributed by atoms with Gasteiger partial charge in [0.2, 0.25) is 0 Å². The normalized spacial score (nSPS) is 28.8. The fourth-order valence-corrected chi connectivity index (χ4v) is 4.06. The van der Waals surface area contributed by atoms with Crippen molar-refractivity contribution in [3.8, 4) is 0 Å². The lowest BCUT2D eigenvalue weighted by Crippen LogP contribution is -2.14. The summed E-state index contributed by atoms with van der Waals surface area (Å²) >= 11 is 0. The SMILES string of the molecule is CC(C)=C1CC2CC(c3nn(C)cc3C(N)=O)CC2C1. The quantitative estimate of drug-likeness (QED) is 0.842. The van der Waals surface area contributed by atoms with E-state index in [0.29, 0.717) is 11.5 Å². The van der Waals surface area contributed by atoms with Crippen LogP contribution in [0.25, 0.3) is 0 Å². The number of amides is 1. The Hall–Kier alpha value is -1.58. The zero-order chi connectivity index (χ0) is 14.4. The van der Waals surface area contributed by atoms with E-state index in [1.54, 1.807) is 16.5 Å². The predicted molar refractivity (Wildman–Crippen MR) is 78.3 cm³/mol. The summed E-state index contributed by atoms with van der Waals surface area (Å²) < 4.78 is 1.71. The molecule has 3 rings (SSSR count). The molecule has 1 aromatic rings. The van der Waals surface area contributed by atoms with Crippen molar-refractivity contribution in [1.29, 1.82) is 0 Å². The first-order valence-corrected chi connectivity index (χ1v) is 7.44. The second-order valence-electron chi connectivity index (χ2n) is 6.67. The summed E-state index contributed by atoms with van der Waals surface area (Å²) in [6.45, 7) is 4.44. The summed E-state index contributed by atoms with van der Waals surface area (Å²) in [5, 5.41) is 4.50. The van der Waals surface area contributed by atoms with E-state index in [-0.39, 0.29) is 5.91 Å². The minimum atomic E-state index is -0.352. The molecule has 2 saturated carbocycles. The first-order chi connectivity index (χ1) is 9.45. The van der Waals surface area contributed by atoms with Crippen molar-refractivity contribution < 1.29 is 4.79 Å². The van der Waals surface area contributed by atoms with Gasteiger partial charge in [-0.25, -0.2) is 0 Å². The Morgan fingerprint density at radius 1 is 1.30 bits per heavy atom. The lowest BCUT2D eigenvalue weighted by molar-refractivity contribution is 0.0999. The largest absolute Gasteiger partial charge is 0.365 e. The minimum Gasteiger partial charge on any atom is -0.365 e. The molecule has 4 nitrogen and oxygen atoms in total. The van der Waals surface area contributed by atoms with Crippen molar-refractivity contribution in [2.24, 2.45) is 24.6 Å². The van der Waals surface area contributed by atoms with Gasteiger partial charge < -0.3 is 5.73 Å². The molecule has 2 fully saturated rings. The van der Waals surface area contributed by atoms with Crippen molar-refractivity contribution in [2.75, 3.05) is 0 Å². The summed E-state index contributed by atoms with van der Waals surface area (Å²) in [5.74, 6) is 1.60. The van der Waals surface area contributed by atoms with Crippen LogP contribution in [0.4, 0.5) is 0 Å². The Morgan fingerprint density at radius 2 is 1.90 bits per heavy atom. The van der Waals surface area contributed by atoms with Crippen LogP contribution in [-0.2, 0) is 7.05 Å². The molecule has 2 aliphatic rings. The van der Waals surface area contributed by atoms with Gasteiger partial charge in [0.25, 0.3) is 5.91 Å². The molecular weight excluding hydrogens is 250 g/mol. The van der Waals surface area contributed by atoms with Gasteiger partial charge >= 0.3 is 0 Å². The number of nitrogens with two attached hydrogens (primary N) is 1. The van der Waals surface area contributed by atoms with E-state index >= 15 is 0 Å². The molecular formula is C16H23N3O. The van der Waals surface area contributed by atoms with Gasteiger partial charge in [0, 0.05) is 19.2 Å². The third-order valence-electron chi connectivity index (χ3n) is 5.07. The van der Waals surface area contributed by atoms with Gasteiger partial charge in [0.15, 0.2) is 0 Å². The lowest BCUT2D eigenvalue weighted by atomic mass is 9.95. The Morgan fingerprint density at radius 3 is 2.40 bits per heavy atom. The fourth-order valence-electron chi connectivity index (χ4n) is 4.06. The zero-order valence-corrected chi connectivity index (χ0v) is 12.5. The monoisotopic (exact) mass is 273 g/mol. The predicted octanol–water partition coefficient (Wildman–Crippen LogP) is 2.76. The van der Waals surface area contributed by atoms with Crippen LogP contribution in [0.15, 0.2) is 17.3 Å². The highest BCUT2D eigenvalue weighted by Crippen LogP contribution is 2.52. The third-order valence-corrected chi connectivity index (χ3v) is 5.07. The van der Waals surface area contributed by atoms with E-state index in [2.05, 4.69) is 18.9 Å². The molecule has 0 spiro atoms. The van der Waals surface area contributed by atoms with E-state index < -0.39 is 0 Å². The second-order valence-corrected chi connectivity index (χ2v) is 6.67. The number of nitrogens with zero attached hydrogens (tertiary/aromatic N) is 2. The Bertz CT molecular complexity index is 565. The molecule has 108 valence electrons. The van der Waals surface area contributed by atoms with Crippen molar-refractivity contribution in [1.82, 2.24) is 9.78 Å². The van der Waals surface area contributed by atoms with Gasteiger partial charge in [-0.3, -0.25) is 9.48 Å². The Balaban J connectivity index is 1.80. The van der Waals surface area contributed by atoms with Crippen molar-refractivity contribution in [3.63, 3.8) is 0 Å². The Kier molecular flexibility index (Phi) is 3.19. The van der Waals surface area contributed by atoms with E-state index in [4.69, 9.17) is 5.73 Å². The van der Waals surface area contributed by atoms with E-state index in [1.165, 1.54) is 18.4 Å². The van der Waals surface area contributed by atoms with E-state index in [1.807, 2.05) is 7.05 Å². The van der Waals surface area contributed by atoms with Gasteiger partial charge in [0.05, 0.1) is 11.3 Å². The topological polar surface area (TPSA) is 60.9 Å². The zero-order valence-electron chi connectivity index (χ0n) is 12.5. The number of rotatable bonds is 2. The number of allylic oxidation sites excluding steroid dienone is 2. The first-order valence-electron chi connectivity index (χ1n) is 7.44. The standard InChI is InChI=1S/C16H23N3O/c1-9(2)10-4-11-6-13(7-12(11)5-10)15-14(16(17)20)8-19(3)18-15/h8,11-13H,4-7H2,1-3H3,(H2,17,20). The first kappa shape index (κ1) is 13.4. The molecule has 0 bridgehead atoms. The molecule has 2 N–H and O–H groups in total. The molecule has 4 heteroatoms. The summed E-state index contributed by atoms with van der Waals surface area (Å²) in [4.78, 5) is 11.5. The van der Waals surface area contributed by atoms with Gasteiger partial charge in [-0.1, -0.05) is 11.1 Å². The van der Waals surface area contributed by atoms with Crippen LogP contribution in [0.3, 0.4) is 0 Å². The molecule has 1 aromatic heterocycles. The minimum absolute atomic E-state index is 0.352. The van der Waals surface area contributed by atoms with Gasteiger partial charge in [-0.15, -0.1) is 0 Å². The maximum absolute atomic E-state index is 11.5. The maximum atomic E-state index is 11.5. The average Bonchev–Trinajstić information content (AvgIpc) is 2.98. The van der Waals surface area contributed by atoms with Crippen LogP contribution >= 0.6 is 0 Å². The highest BCUT2D eigenvalue weighted by Gasteiger charge is 2.41. The van der Waals surface area contributed by atoms with Crippen LogP contribution in [0.2, 0.25) is 0 Å². The highest BCUT2D eigenvalue weighted by atomic mass is 16.1. The maximum Gasteiger partial charge on any atom is 0.252 e. The number of aryl methyl sites for hydroxylation is 1. The molecule has 0 aromatic carbocycles. The fraction of sp³-hybridized carbons (Fsp3) is 0.625. The molecule has 2 aliphatic carbocycles. The average molecular weight is 273 g/mol. The molecule has 0 saturated heterocycles. The molecule has 0 radical (unpaired) electrons. The molecule has 2 unspecified atom stereocenters.